The fourth-order valence-electron chi connectivity index (χ4n) is 1.83. The summed E-state index contributed by atoms with van der Waals surface area (Å²) in [7, 11) is 0. The lowest BCUT2D eigenvalue weighted by Gasteiger charge is -2.14. The Labute approximate surface area is 103 Å². The summed E-state index contributed by atoms with van der Waals surface area (Å²) in [6, 6.07) is 1.81. The van der Waals surface area contributed by atoms with E-state index >= 15 is 0 Å². The van der Waals surface area contributed by atoms with Gasteiger partial charge in [0.05, 0.1) is 13.2 Å². The van der Waals surface area contributed by atoms with Crippen LogP contribution in [0.15, 0.2) is 10.5 Å². The van der Waals surface area contributed by atoms with Crippen molar-refractivity contribution in [1.82, 2.24) is 0 Å². The SMILES string of the molecule is CCc1c(C=O)c(Br)cc2c1OCCCO2. The Morgan fingerprint density at radius 3 is 2.88 bits per heavy atom. The number of hydrogen-bond donors (Lipinski definition) is 0. The molecule has 16 heavy (non-hydrogen) atoms. The van der Waals surface area contributed by atoms with E-state index in [2.05, 4.69) is 15.9 Å². The van der Waals surface area contributed by atoms with Gasteiger partial charge in [-0.15, -0.1) is 0 Å². The molecule has 0 atom stereocenters. The molecular weight excluding hydrogens is 272 g/mol. The molecule has 0 amide bonds. The van der Waals surface area contributed by atoms with Crippen LogP contribution in [0.25, 0.3) is 0 Å². The van der Waals surface area contributed by atoms with Crippen LogP contribution in [0.4, 0.5) is 0 Å². The van der Waals surface area contributed by atoms with Crippen molar-refractivity contribution in [3.8, 4) is 11.5 Å². The normalized spacial score (nSPS) is 14.4. The second kappa shape index (κ2) is 4.87. The maximum absolute atomic E-state index is 11.1. The number of hydrogen-bond acceptors (Lipinski definition) is 3. The summed E-state index contributed by atoms with van der Waals surface area (Å²) in [6.45, 7) is 3.30. The number of ether oxygens (including phenoxy) is 2. The average molecular weight is 285 g/mol. The molecule has 0 radical (unpaired) electrons. The second-order valence-corrected chi connectivity index (χ2v) is 4.45. The number of carbonyl (C=O) groups excluding carboxylic acids is 1. The van der Waals surface area contributed by atoms with Crippen LogP contribution in [-0.4, -0.2) is 19.5 Å². The molecule has 1 aromatic carbocycles. The maximum Gasteiger partial charge on any atom is 0.165 e. The van der Waals surface area contributed by atoms with Crippen molar-refractivity contribution in [3.05, 3.63) is 21.7 Å². The molecule has 0 spiro atoms. The maximum atomic E-state index is 11.1. The Kier molecular flexibility index (Phi) is 3.49. The van der Waals surface area contributed by atoms with Crippen molar-refractivity contribution in [1.29, 1.82) is 0 Å². The quantitative estimate of drug-likeness (QED) is 0.784. The Morgan fingerprint density at radius 2 is 2.19 bits per heavy atom. The zero-order valence-electron chi connectivity index (χ0n) is 9.09. The van der Waals surface area contributed by atoms with Gasteiger partial charge in [0.1, 0.15) is 0 Å². The zero-order chi connectivity index (χ0) is 11.5. The van der Waals surface area contributed by atoms with Gasteiger partial charge in [-0.25, -0.2) is 0 Å². The smallest absolute Gasteiger partial charge is 0.165 e. The van der Waals surface area contributed by atoms with Gasteiger partial charge in [-0.1, -0.05) is 6.92 Å². The van der Waals surface area contributed by atoms with E-state index in [4.69, 9.17) is 9.47 Å². The first-order valence-electron chi connectivity index (χ1n) is 5.34. The zero-order valence-corrected chi connectivity index (χ0v) is 10.7. The monoisotopic (exact) mass is 284 g/mol. The minimum atomic E-state index is 0.639. The van der Waals surface area contributed by atoms with E-state index in [0.717, 1.165) is 40.7 Å². The number of rotatable bonds is 2. The second-order valence-electron chi connectivity index (χ2n) is 3.60. The average Bonchev–Trinajstić information content (AvgIpc) is 2.52. The van der Waals surface area contributed by atoms with Gasteiger partial charge in [0.2, 0.25) is 0 Å². The number of aldehydes is 1. The van der Waals surface area contributed by atoms with Crippen molar-refractivity contribution < 1.29 is 14.3 Å². The molecule has 0 N–H and O–H groups in total. The molecule has 0 aromatic heterocycles. The highest BCUT2D eigenvalue weighted by molar-refractivity contribution is 9.10. The predicted molar refractivity (Wildman–Crippen MR) is 64.5 cm³/mol. The van der Waals surface area contributed by atoms with Gasteiger partial charge in [-0.3, -0.25) is 4.79 Å². The van der Waals surface area contributed by atoms with Crippen LogP contribution in [0.5, 0.6) is 11.5 Å². The molecule has 1 heterocycles. The molecule has 0 saturated heterocycles. The van der Waals surface area contributed by atoms with E-state index < -0.39 is 0 Å². The Balaban J connectivity index is 2.61. The molecule has 0 saturated carbocycles. The highest BCUT2D eigenvalue weighted by Crippen LogP contribution is 2.39. The predicted octanol–water partition coefficient (Wildman–Crippen LogP) is 2.99. The molecule has 0 aliphatic carbocycles. The molecule has 3 nitrogen and oxygen atoms in total. The summed E-state index contributed by atoms with van der Waals surface area (Å²) in [5.41, 5.74) is 1.58. The molecule has 86 valence electrons. The number of benzene rings is 1. The largest absolute Gasteiger partial charge is 0.490 e. The summed E-state index contributed by atoms with van der Waals surface area (Å²) in [5.74, 6) is 1.46. The lowest BCUT2D eigenvalue weighted by atomic mass is 10.0. The molecule has 0 fully saturated rings. The van der Waals surface area contributed by atoms with Gasteiger partial charge >= 0.3 is 0 Å². The number of carbonyl (C=O) groups is 1. The molecule has 4 heteroatoms. The van der Waals surface area contributed by atoms with E-state index in [1.807, 2.05) is 13.0 Å². The molecule has 1 aliphatic heterocycles. The van der Waals surface area contributed by atoms with Crippen LogP contribution in [0, 0.1) is 0 Å². The topological polar surface area (TPSA) is 35.5 Å². The van der Waals surface area contributed by atoms with Crippen molar-refractivity contribution in [2.75, 3.05) is 13.2 Å². The number of halogens is 1. The van der Waals surface area contributed by atoms with Crippen LogP contribution in [0.2, 0.25) is 0 Å². The molecule has 0 bridgehead atoms. The fraction of sp³-hybridized carbons (Fsp3) is 0.417. The minimum absolute atomic E-state index is 0.639. The van der Waals surface area contributed by atoms with Gasteiger partial charge in [-0.2, -0.15) is 0 Å². The first-order chi connectivity index (χ1) is 7.77. The molecule has 1 aliphatic rings. The molecule has 2 rings (SSSR count). The lowest BCUT2D eigenvalue weighted by molar-refractivity contribution is 0.112. The van der Waals surface area contributed by atoms with E-state index in [0.29, 0.717) is 18.8 Å². The molecular formula is C12H13BrO3. The van der Waals surface area contributed by atoms with Crippen LogP contribution < -0.4 is 9.47 Å². The van der Waals surface area contributed by atoms with E-state index in [1.165, 1.54) is 0 Å². The first kappa shape index (κ1) is 11.5. The van der Waals surface area contributed by atoms with Crippen molar-refractivity contribution in [2.24, 2.45) is 0 Å². The summed E-state index contributed by atoms with van der Waals surface area (Å²) in [5, 5.41) is 0. The Bertz CT molecular complexity index is 415. The van der Waals surface area contributed by atoms with Gasteiger partial charge in [0, 0.05) is 22.0 Å². The fourth-order valence-corrected chi connectivity index (χ4v) is 2.37. The summed E-state index contributed by atoms with van der Waals surface area (Å²) in [4.78, 5) is 11.1. The van der Waals surface area contributed by atoms with Gasteiger partial charge < -0.3 is 9.47 Å². The van der Waals surface area contributed by atoms with Gasteiger partial charge in [-0.05, 0) is 28.4 Å². The third kappa shape index (κ3) is 1.94. The molecule has 0 unspecified atom stereocenters. The van der Waals surface area contributed by atoms with Gasteiger partial charge in [0.25, 0.3) is 0 Å². The highest BCUT2D eigenvalue weighted by atomic mass is 79.9. The van der Waals surface area contributed by atoms with Crippen LogP contribution >= 0.6 is 15.9 Å². The Morgan fingerprint density at radius 1 is 1.44 bits per heavy atom. The highest BCUT2D eigenvalue weighted by Gasteiger charge is 2.19. The first-order valence-corrected chi connectivity index (χ1v) is 6.13. The van der Waals surface area contributed by atoms with Gasteiger partial charge in [0.15, 0.2) is 17.8 Å². The van der Waals surface area contributed by atoms with Crippen molar-refractivity contribution in [2.45, 2.75) is 19.8 Å². The third-order valence-corrected chi connectivity index (χ3v) is 3.26. The summed E-state index contributed by atoms with van der Waals surface area (Å²) < 4.78 is 12.0. The summed E-state index contributed by atoms with van der Waals surface area (Å²) >= 11 is 3.39. The van der Waals surface area contributed by atoms with Crippen LogP contribution in [0.1, 0.15) is 29.3 Å². The van der Waals surface area contributed by atoms with Crippen LogP contribution in [0.3, 0.4) is 0 Å². The van der Waals surface area contributed by atoms with Crippen molar-refractivity contribution in [3.63, 3.8) is 0 Å². The summed E-state index contributed by atoms with van der Waals surface area (Å²) in [6.07, 6.45) is 2.47. The van der Waals surface area contributed by atoms with E-state index in [-0.39, 0.29) is 0 Å². The number of fused-ring (bicyclic) bond motifs is 1. The minimum Gasteiger partial charge on any atom is -0.490 e. The lowest BCUT2D eigenvalue weighted by Crippen LogP contribution is -2.01. The van der Waals surface area contributed by atoms with Crippen molar-refractivity contribution >= 4 is 22.2 Å². The third-order valence-electron chi connectivity index (χ3n) is 2.60. The van der Waals surface area contributed by atoms with E-state index in [9.17, 15) is 4.79 Å². The molecule has 1 aromatic rings. The van der Waals surface area contributed by atoms with E-state index in [1.54, 1.807) is 0 Å². The van der Waals surface area contributed by atoms with Crippen LogP contribution in [-0.2, 0) is 6.42 Å². The Hall–Kier alpha value is -1.03. The standard InChI is InChI=1S/C12H13BrO3/c1-2-8-9(7-14)10(13)6-11-12(8)16-5-3-4-15-11/h6-7H,2-5H2,1H3.